The van der Waals surface area contributed by atoms with Crippen LogP contribution in [0, 0.1) is 0 Å². The maximum Gasteiger partial charge on any atom is 0.230 e. The van der Waals surface area contributed by atoms with Gasteiger partial charge in [0.15, 0.2) is 8.68 Å². The number of carbonyl (C=O) groups is 1. The van der Waals surface area contributed by atoms with Crippen molar-refractivity contribution in [1.82, 2.24) is 15.5 Å². The Balaban J connectivity index is 2.26. The molecule has 0 saturated carbocycles. The Morgan fingerprint density at radius 2 is 2.12 bits per heavy atom. The molecule has 0 fully saturated rings. The van der Waals surface area contributed by atoms with E-state index in [1.807, 2.05) is 6.92 Å². The molecular weight excluding hydrogens is 278 g/mol. The second-order valence-electron chi connectivity index (χ2n) is 3.02. The van der Waals surface area contributed by atoms with Crippen LogP contribution in [0.25, 0.3) is 0 Å². The highest BCUT2D eigenvalue weighted by molar-refractivity contribution is 8.03. The second kappa shape index (κ2) is 8.73. The molecule has 1 heterocycles. The zero-order valence-corrected chi connectivity index (χ0v) is 12.2. The van der Waals surface area contributed by atoms with Gasteiger partial charge in [-0.15, -0.1) is 10.2 Å². The van der Waals surface area contributed by atoms with Crippen molar-refractivity contribution in [1.29, 1.82) is 0 Å². The molecule has 0 unspecified atom stereocenters. The summed E-state index contributed by atoms with van der Waals surface area (Å²) in [6, 6.07) is 0. The molecule has 0 radical (unpaired) electrons. The fourth-order valence-corrected chi connectivity index (χ4v) is 3.38. The van der Waals surface area contributed by atoms with Crippen molar-refractivity contribution >= 4 is 40.8 Å². The number of ether oxygens (including phenoxy) is 1. The quantitative estimate of drug-likeness (QED) is 0.583. The lowest BCUT2D eigenvalue weighted by Gasteiger charge is -2.00. The van der Waals surface area contributed by atoms with E-state index in [2.05, 4.69) is 15.5 Å². The minimum atomic E-state index is 0.0399. The zero-order valence-electron chi connectivity index (χ0n) is 9.76. The number of rotatable bonds is 8. The Hall–Kier alpha value is -0.310. The van der Waals surface area contributed by atoms with Crippen LogP contribution in [-0.2, 0) is 9.53 Å². The third kappa shape index (κ3) is 6.25. The third-order valence-corrected chi connectivity index (χ3v) is 4.72. The lowest BCUT2D eigenvalue weighted by atomic mass is 10.5. The summed E-state index contributed by atoms with van der Waals surface area (Å²) in [5.41, 5.74) is 0. The van der Waals surface area contributed by atoms with Crippen LogP contribution in [0.1, 0.15) is 13.3 Å². The van der Waals surface area contributed by atoms with Crippen molar-refractivity contribution in [3.8, 4) is 0 Å². The fraction of sp³-hybridized carbons (Fsp3) is 0.667. The van der Waals surface area contributed by atoms with Crippen LogP contribution in [-0.4, -0.2) is 41.5 Å². The fourth-order valence-electron chi connectivity index (χ4n) is 0.866. The number of amides is 1. The van der Waals surface area contributed by atoms with Crippen LogP contribution >= 0.6 is 34.9 Å². The molecule has 0 aliphatic carbocycles. The van der Waals surface area contributed by atoms with Crippen LogP contribution in [0.3, 0.4) is 0 Å². The minimum Gasteiger partial charge on any atom is -0.374 e. The van der Waals surface area contributed by atoms with E-state index in [9.17, 15) is 4.79 Å². The molecule has 1 amide bonds. The van der Waals surface area contributed by atoms with E-state index in [1.165, 1.54) is 34.9 Å². The molecule has 5 nitrogen and oxygen atoms in total. The Morgan fingerprint density at radius 3 is 2.76 bits per heavy atom. The van der Waals surface area contributed by atoms with Crippen LogP contribution in [0.4, 0.5) is 0 Å². The largest absolute Gasteiger partial charge is 0.374 e. The van der Waals surface area contributed by atoms with Crippen LogP contribution in [0.2, 0.25) is 0 Å². The van der Waals surface area contributed by atoms with Crippen molar-refractivity contribution in [2.45, 2.75) is 22.0 Å². The van der Waals surface area contributed by atoms with Crippen molar-refractivity contribution in [3.05, 3.63) is 0 Å². The van der Waals surface area contributed by atoms with Gasteiger partial charge in [0.2, 0.25) is 5.91 Å². The van der Waals surface area contributed by atoms with Gasteiger partial charge in [0.25, 0.3) is 0 Å². The van der Waals surface area contributed by atoms with E-state index in [0.29, 0.717) is 11.7 Å². The summed E-state index contributed by atoms with van der Waals surface area (Å²) in [7, 11) is 1.64. The number of carbonyl (C=O) groups excluding carboxylic acids is 1. The average Bonchev–Trinajstić information content (AvgIpc) is 2.79. The van der Waals surface area contributed by atoms with Crippen LogP contribution in [0.5, 0.6) is 0 Å². The van der Waals surface area contributed by atoms with Crippen molar-refractivity contribution in [2.24, 2.45) is 0 Å². The third-order valence-electron chi connectivity index (χ3n) is 1.59. The summed E-state index contributed by atoms with van der Waals surface area (Å²) >= 11 is 4.39. The van der Waals surface area contributed by atoms with E-state index in [0.717, 1.165) is 21.6 Å². The van der Waals surface area contributed by atoms with Gasteiger partial charge in [0, 0.05) is 13.7 Å². The smallest absolute Gasteiger partial charge is 0.230 e. The van der Waals surface area contributed by atoms with E-state index < -0.39 is 0 Å². The van der Waals surface area contributed by atoms with Gasteiger partial charge < -0.3 is 10.1 Å². The first-order chi connectivity index (χ1) is 8.26. The predicted molar refractivity (Wildman–Crippen MR) is 71.7 cm³/mol. The maximum atomic E-state index is 11.4. The number of thioether (sulfide) groups is 2. The summed E-state index contributed by atoms with van der Waals surface area (Å²) in [5, 5.41) is 10.8. The molecule has 0 saturated heterocycles. The van der Waals surface area contributed by atoms with Gasteiger partial charge in [-0.05, 0) is 6.42 Å². The first-order valence-electron chi connectivity index (χ1n) is 5.11. The Labute approximate surface area is 113 Å². The Kier molecular flexibility index (Phi) is 7.58. The van der Waals surface area contributed by atoms with Gasteiger partial charge in [0.05, 0.1) is 11.7 Å². The van der Waals surface area contributed by atoms with E-state index in [4.69, 9.17) is 4.74 Å². The zero-order chi connectivity index (χ0) is 12.5. The van der Waals surface area contributed by atoms with Crippen molar-refractivity contribution in [2.75, 3.05) is 25.3 Å². The SMILES string of the molecule is CCCNC(=O)CSc1nnc(SCOC)s1. The normalized spacial score (nSPS) is 10.5. The first-order valence-corrected chi connectivity index (χ1v) is 7.89. The highest BCUT2D eigenvalue weighted by Gasteiger charge is 2.07. The molecule has 17 heavy (non-hydrogen) atoms. The molecule has 0 atom stereocenters. The first kappa shape index (κ1) is 14.7. The van der Waals surface area contributed by atoms with Crippen LogP contribution < -0.4 is 5.32 Å². The predicted octanol–water partition coefficient (Wildman–Crippen LogP) is 1.85. The molecule has 96 valence electrons. The molecule has 1 rings (SSSR count). The molecule has 0 aliphatic heterocycles. The monoisotopic (exact) mass is 293 g/mol. The van der Waals surface area contributed by atoms with Gasteiger partial charge in [-0.25, -0.2) is 0 Å². The second-order valence-corrected chi connectivity index (χ2v) is 6.39. The Bertz CT molecular complexity index is 346. The van der Waals surface area contributed by atoms with Gasteiger partial charge in [-0.2, -0.15) is 0 Å². The maximum absolute atomic E-state index is 11.4. The number of aromatic nitrogens is 2. The molecule has 8 heteroatoms. The van der Waals surface area contributed by atoms with E-state index in [1.54, 1.807) is 7.11 Å². The molecule has 0 aliphatic rings. The lowest BCUT2D eigenvalue weighted by Crippen LogP contribution is -2.25. The van der Waals surface area contributed by atoms with Crippen LogP contribution in [0.15, 0.2) is 8.68 Å². The summed E-state index contributed by atoms with van der Waals surface area (Å²) in [6.45, 7) is 2.75. The number of nitrogens with one attached hydrogen (secondary N) is 1. The standard InChI is InChI=1S/C9H15N3O2S3/c1-3-4-10-7(13)5-15-8-11-12-9(17-8)16-6-14-2/h3-6H2,1-2H3,(H,10,13). The average molecular weight is 293 g/mol. The molecule has 0 aromatic carbocycles. The molecule has 0 spiro atoms. The van der Waals surface area contributed by atoms with Gasteiger partial charge >= 0.3 is 0 Å². The van der Waals surface area contributed by atoms with Crippen molar-refractivity contribution < 1.29 is 9.53 Å². The minimum absolute atomic E-state index is 0.0399. The number of hydrogen-bond acceptors (Lipinski definition) is 7. The number of methoxy groups -OCH3 is 1. The van der Waals surface area contributed by atoms with Crippen molar-refractivity contribution in [3.63, 3.8) is 0 Å². The molecule has 0 bridgehead atoms. The summed E-state index contributed by atoms with van der Waals surface area (Å²) in [5.74, 6) is 0.998. The number of hydrogen-bond donors (Lipinski definition) is 1. The van der Waals surface area contributed by atoms with E-state index in [-0.39, 0.29) is 5.91 Å². The molecule has 1 N–H and O–H groups in total. The molecular formula is C9H15N3O2S3. The Morgan fingerprint density at radius 1 is 1.41 bits per heavy atom. The van der Waals surface area contributed by atoms with E-state index >= 15 is 0 Å². The summed E-state index contributed by atoms with van der Waals surface area (Å²) in [6.07, 6.45) is 0.951. The number of nitrogens with zero attached hydrogens (tertiary/aromatic N) is 2. The van der Waals surface area contributed by atoms with Gasteiger partial charge in [-0.3, -0.25) is 4.79 Å². The van der Waals surface area contributed by atoms with Gasteiger partial charge in [0.1, 0.15) is 0 Å². The summed E-state index contributed by atoms with van der Waals surface area (Å²) in [4.78, 5) is 11.4. The topological polar surface area (TPSA) is 64.1 Å². The molecule has 1 aromatic heterocycles. The molecule has 1 aromatic rings. The highest BCUT2D eigenvalue weighted by Crippen LogP contribution is 2.28. The van der Waals surface area contributed by atoms with Gasteiger partial charge in [-0.1, -0.05) is 41.8 Å². The highest BCUT2D eigenvalue weighted by atomic mass is 32.2. The lowest BCUT2D eigenvalue weighted by molar-refractivity contribution is -0.118. The summed E-state index contributed by atoms with van der Waals surface area (Å²) < 4.78 is 6.61.